The molecule has 2 heterocycles. The molecule has 0 radical (unpaired) electrons. The largest absolute Gasteiger partial charge is 0.477 e. The van der Waals surface area contributed by atoms with Crippen molar-refractivity contribution in [3.8, 4) is 0 Å². The highest BCUT2D eigenvalue weighted by atomic mass is 79.9. The summed E-state index contributed by atoms with van der Waals surface area (Å²) in [6, 6.07) is 1.10. The monoisotopic (exact) mass is 381 g/mol. The quantitative estimate of drug-likeness (QED) is 0.767. The summed E-state index contributed by atoms with van der Waals surface area (Å²) < 4.78 is 31.2. The predicted molar refractivity (Wildman–Crippen MR) is 72.2 cm³/mol. The van der Waals surface area contributed by atoms with Crippen LogP contribution in [0.5, 0.6) is 0 Å². The van der Waals surface area contributed by atoms with Crippen molar-refractivity contribution in [3.63, 3.8) is 0 Å². The van der Waals surface area contributed by atoms with Crippen molar-refractivity contribution in [2.24, 2.45) is 0 Å². The van der Waals surface area contributed by atoms with Crippen LogP contribution in [0.25, 0.3) is 0 Å². The number of aromatic carboxylic acids is 1. The molecule has 0 saturated heterocycles. The van der Waals surface area contributed by atoms with E-state index in [2.05, 4.69) is 35.3 Å². The third-order valence-electron chi connectivity index (χ3n) is 2.20. The van der Waals surface area contributed by atoms with Gasteiger partial charge >= 0.3 is 5.97 Å². The lowest BCUT2D eigenvalue weighted by Crippen LogP contribution is -2.26. The first-order valence-electron chi connectivity index (χ1n) is 5.17. The number of hydrogen-bond donors (Lipinski definition) is 2. The number of hydrogen-bond acceptors (Lipinski definition) is 7. The summed E-state index contributed by atoms with van der Waals surface area (Å²) in [5.74, 6) is -0.799. The number of rotatable bonds is 6. The first-order valence-corrected chi connectivity index (χ1v) is 8.27. The second-order valence-corrected chi connectivity index (χ2v) is 7.65. The molecular formula is C9H8BrN3O5S2. The molecule has 0 unspecified atom stereocenters. The minimum Gasteiger partial charge on any atom is -0.477 e. The van der Waals surface area contributed by atoms with Crippen molar-refractivity contribution in [2.45, 2.75) is 11.3 Å². The van der Waals surface area contributed by atoms with E-state index in [-0.39, 0.29) is 26.5 Å². The second kappa shape index (κ2) is 5.99. The Hall–Kier alpha value is -1.30. The van der Waals surface area contributed by atoms with Gasteiger partial charge in [-0.15, -0.1) is 11.3 Å². The standard InChI is InChI=1S/C9H8BrN3O5S2/c10-8-6(3-5(19-8)9(14)15)20(16,17)12-2-1-7-11-4-18-13-7/h3-4,12H,1-2H2,(H,14,15). The fraction of sp³-hybridized carbons (Fsp3) is 0.222. The van der Waals surface area contributed by atoms with E-state index in [1.807, 2.05) is 0 Å². The van der Waals surface area contributed by atoms with Crippen LogP contribution < -0.4 is 4.72 Å². The zero-order valence-corrected chi connectivity index (χ0v) is 13.0. The topological polar surface area (TPSA) is 122 Å². The Balaban J connectivity index is 2.08. The molecule has 0 fully saturated rings. The first kappa shape index (κ1) is 15.1. The minimum atomic E-state index is -3.79. The van der Waals surface area contributed by atoms with Crippen LogP contribution in [0.3, 0.4) is 0 Å². The van der Waals surface area contributed by atoms with Gasteiger partial charge in [-0.05, 0) is 22.0 Å². The molecule has 11 heteroatoms. The summed E-state index contributed by atoms with van der Waals surface area (Å²) in [6.07, 6.45) is 1.42. The molecule has 2 rings (SSSR count). The maximum Gasteiger partial charge on any atom is 0.345 e. The number of nitrogens with one attached hydrogen (secondary N) is 1. The maximum atomic E-state index is 12.0. The van der Waals surface area contributed by atoms with Gasteiger partial charge in [0.05, 0.1) is 3.79 Å². The second-order valence-electron chi connectivity index (χ2n) is 3.55. The molecule has 2 aromatic rings. The van der Waals surface area contributed by atoms with Gasteiger partial charge in [-0.2, -0.15) is 4.98 Å². The van der Waals surface area contributed by atoms with E-state index in [1.54, 1.807) is 0 Å². The van der Waals surface area contributed by atoms with E-state index in [0.717, 1.165) is 23.8 Å². The number of thiophene rings is 1. The molecule has 0 aliphatic carbocycles. The van der Waals surface area contributed by atoms with E-state index in [4.69, 9.17) is 5.11 Å². The number of carboxylic acid groups (broad SMARTS) is 1. The van der Waals surface area contributed by atoms with Crippen LogP contribution in [0, 0.1) is 0 Å². The average molecular weight is 382 g/mol. The van der Waals surface area contributed by atoms with Gasteiger partial charge in [0.25, 0.3) is 0 Å². The van der Waals surface area contributed by atoms with Gasteiger partial charge in [-0.3, -0.25) is 0 Å². The molecule has 0 atom stereocenters. The fourth-order valence-electron chi connectivity index (χ4n) is 1.32. The normalized spacial score (nSPS) is 11.7. The number of carboxylic acids is 1. The lowest BCUT2D eigenvalue weighted by Gasteiger charge is -2.03. The Bertz CT molecular complexity index is 710. The van der Waals surface area contributed by atoms with Crippen LogP contribution in [0.2, 0.25) is 0 Å². The molecule has 8 nitrogen and oxygen atoms in total. The van der Waals surface area contributed by atoms with Gasteiger partial charge in [0.1, 0.15) is 9.77 Å². The molecule has 0 aliphatic heterocycles. The molecule has 2 aromatic heterocycles. The Morgan fingerprint density at radius 2 is 2.30 bits per heavy atom. The van der Waals surface area contributed by atoms with Crippen LogP contribution in [-0.2, 0) is 16.4 Å². The molecule has 0 bridgehead atoms. The number of nitrogens with zero attached hydrogens (tertiary/aromatic N) is 2. The third kappa shape index (κ3) is 3.42. The number of carbonyl (C=O) groups is 1. The van der Waals surface area contributed by atoms with Crippen molar-refractivity contribution < 1.29 is 22.8 Å². The van der Waals surface area contributed by atoms with Crippen LogP contribution in [0.4, 0.5) is 0 Å². The molecule has 0 saturated carbocycles. The Morgan fingerprint density at radius 1 is 1.55 bits per heavy atom. The van der Waals surface area contributed by atoms with Gasteiger partial charge < -0.3 is 9.63 Å². The Morgan fingerprint density at radius 3 is 2.85 bits per heavy atom. The van der Waals surface area contributed by atoms with Crippen molar-refractivity contribution in [3.05, 3.63) is 26.9 Å². The highest BCUT2D eigenvalue weighted by Crippen LogP contribution is 2.31. The van der Waals surface area contributed by atoms with Gasteiger partial charge in [-0.25, -0.2) is 17.9 Å². The van der Waals surface area contributed by atoms with Gasteiger partial charge in [0, 0.05) is 13.0 Å². The molecule has 20 heavy (non-hydrogen) atoms. The minimum absolute atomic E-state index is 0.0598. The fourth-order valence-corrected chi connectivity index (χ4v) is 4.75. The summed E-state index contributed by atoms with van der Waals surface area (Å²) in [5.41, 5.74) is 0. The van der Waals surface area contributed by atoms with Crippen LogP contribution in [0.15, 0.2) is 25.7 Å². The zero-order valence-electron chi connectivity index (χ0n) is 9.74. The van der Waals surface area contributed by atoms with Gasteiger partial charge in [0.15, 0.2) is 5.82 Å². The third-order valence-corrected chi connectivity index (χ3v) is 5.90. The number of aromatic nitrogens is 2. The maximum absolute atomic E-state index is 12.0. The molecule has 2 N–H and O–H groups in total. The highest BCUT2D eigenvalue weighted by molar-refractivity contribution is 9.11. The molecule has 108 valence electrons. The molecule has 0 aromatic carbocycles. The van der Waals surface area contributed by atoms with Crippen molar-refractivity contribution in [2.75, 3.05) is 6.54 Å². The smallest absolute Gasteiger partial charge is 0.345 e. The SMILES string of the molecule is O=C(O)c1cc(S(=O)(=O)NCCc2ncon2)c(Br)s1. The first-order chi connectivity index (χ1) is 9.40. The molecular weight excluding hydrogens is 374 g/mol. The van der Waals surface area contributed by atoms with E-state index in [1.165, 1.54) is 0 Å². The Kier molecular flexibility index (Phi) is 4.52. The average Bonchev–Trinajstić information content (AvgIpc) is 2.98. The summed E-state index contributed by atoms with van der Waals surface area (Å²) in [4.78, 5) is 14.4. The van der Waals surface area contributed by atoms with Crippen molar-refractivity contribution in [1.29, 1.82) is 0 Å². The van der Waals surface area contributed by atoms with E-state index >= 15 is 0 Å². The Labute approximate surface area is 126 Å². The lowest BCUT2D eigenvalue weighted by molar-refractivity contribution is 0.0702. The number of halogens is 1. The summed E-state index contributed by atoms with van der Waals surface area (Å²) in [7, 11) is -3.79. The summed E-state index contributed by atoms with van der Waals surface area (Å²) in [5, 5.41) is 12.4. The van der Waals surface area contributed by atoms with Crippen molar-refractivity contribution >= 4 is 43.3 Å². The van der Waals surface area contributed by atoms with E-state index in [0.29, 0.717) is 5.82 Å². The van der Waals surface area contributed by atoms with Crippen LogP contribution in [0.1, 0.15) is 15.5 Å². The lowest BCUT2D eigenvalue weighted by atomic mass is 10.4. The van der Waals surface area contributed by atoms with Crippen molar-refractivity contribution in [1.82, 2.24) is 14.9 Å². The van der Waals surface area contributed by atoms with Gasteiger partial charge in [-0.1, -0.05) is 5.16 Å². The van der Waals surface area contributed by atoms with Crippen LogP contribution >= 0.6 is 27.3 Å². The highest BCUT2D eigenvalue weighted by Gasteiger charge is 2.22. The molecule has 0 spiro atoms. The molecule has 0 aliphatic rings. The number of sulfonamides is 1. The van der Waals surface area contributed by atoms with Gasteiger partial charge in [0.2, 0.25) is 16.4 Å². The van der Waals surface area contributed by atoms with Crippen LogP contribution in [-0.4, -0.2) is 36.2 Å². The van der Waals surface area contributed by atoms with E-state index in [9.17, 15) is 13.2 Å². The summed E-state index contributed by atoms with van der Waals surface area (Å²) >= 11 is 3.89. The zero-order chi connectivity index (χ0) is 14.8. The predicted octanol–water partition coefficient (Wildman–Crippen LogP) is 1.11. The van der Waals surface area contributed by atoms with E-state index < -0.39 is 16.0 Å². The molecule has 0 amide bonds. The summed E-state index contributed by atoms with van der Waals surface area (Å²) in [6.45, 7) is 0.0760.